The van der Waals surface area contributed by atoms with E-state index < -0.39 is 4.65 Å². The van der Waals surface area contributed by atoms with Gasteiger partial charge in [-0.15, -0.1) is 0 Å². The van der Waals surface area contributed by atoms with Crippen molar-refractivity contribution in [2.75, 3.05) is 6.54 Å². The molecule has 4 aliphatic heterocycles. The van der Waals surface area contributed by atoms with Crippen molar-refractivity contribution in [3.8, 4) is 0 Å². The molecule has 0 aromatic carbocycles. The third-order valence-corrected chi connectivity index (χ3v) is 9.17. The Morgan fingerprint density at radius 1 is 0.690 bits per heavy atom. The van der Waals surface area contributed by atoms with E-state index in [1.54, 1.807) is 0 Å². The number of hydroxylamine groups is 3. The molecule has 8 bridgehead atoms. The number of fused-ring (bicyclic) bond motifs is 6. The molecule has 1 N–H and O–H groups in total. The number of hydrogen-bond acceptors (Lipinski definition) is 3. The van der Waals surface area contributed by atoms with Gasteiger partial charge in [0.25, 0.3) is 0 Å². The third kappa shape index (κ3) is 4.99. The van der Waals surface area contributed by atoms with Crippen molar-refractivity contribution in [3.63, 3.8) is 0 Å². The average Bonchev–Trinajstić information content (AvgIpc) is 3.74. The van der Waals surface area contributed by atoms with Crippen molar-refractivity contribution in [2.45, 2.75) is 100 Å². The Labute approximate surface area is 263 Å². The Balaban J connectivity index is 0.00000405. The summed E-state index contributed by atoms with van der Waals surface area (Å²) in [5.74, 6) is 0. The molecular formula is C36H46N4OV+4. The molecular weight excluding hydrogens is 555 g/mol. The van der Waals surface area contributed by atoms with E-state index in [9.17, 15) is 0 Å². The van der Waals surface area contributed by atoms with Gasteiger partial charge in [0, 0.05) is 39.1 Å². The van der Waals surface area contributed by atoms with Crippen LogP contribution in [0.3, 0.4) is 0 Å². The smallest absolute Gasteiger partial charge is 0.622 e. The van der Waals surface area contributed by atoms with E-state index >= 15 is 5.21 Å². The molecule has 42 heavy (non-hydrogen) atoms. The van der Waals surface area contributed by atoms with Crippen LogP contribution in [-0.2, 0) is 25.0 Å². The van der Waals surface area contributed by atoms with Crippen LogP contribution in [0, 0.1) is 5.21 Å². The first-order valence-electron chi connectivity index (χ1n) is 15.9. The van der Waals surface area contributed by atoms with E-state index in [4.69, 9.17) is 9.98 Å². The number of likely N-dealkylation sites (N-methyl/N-ethyl adjacent to an activating group) is 1. The van der Waals surface area contributed by atoms with E-state index in [1.165, 1.54) is 38.8 Å². The summed E-state index contributed by atoms with van der Waals surface area (Å²) in [5, 5.41) is 17.4. The van der Waals surface area contributed by atoms with Crippen LogP contribution in [0.1, 0.15) is 99.5 Å². The minimum absolute atomic E-state index is 0. The second-order valence-corrected chi connectivity index (χ2v) is 11.2. The summed E-state index contributed by atoms with van der Waals surface area (Å²) >= 11 is 0. The Morgan fingerprint density at radius 2 is 1.33 bits per heavy atom. The largest absolute Gasteiger partial charge is 4.00 e. The quantitative estimate of drug-likeness (QED) is 0.241. The van der Waals surface area contributed by atoms with E-state index in [-0.39, 0.29) is 18.6 Å². The monoisotopic (exact) mass is 601 g/mol. The van der Waals surface area contributed by atoms with Crippen LogP contribution in [0.2, 0.25) is 0 Å². The van der Waals surface area contributed by atoms with Gasteiger partial charge in [0.15, 0.2) is 0 Å². The van der Waals surface area contributed by atoms with Gasteiger partial charge in [-0.3, -0.25) is 4.65 Å². The standard InChI is InChI=1S/C36H46N4O.V/c1-9-22-19-25-20-23-17-18-24(37-23)21-32-26(10-2)29(13-5)36(40(32,41)16-8)31(15-7)35-28(12-4)27(11-3)34(39-35)30(14-6)33(22)38-25;/h17-21,38H,9-16H2,1-8H3;/q;+4. The SMILES string of the molecule is CCC1=C(CC)C2=C(CC)C3=C(CC)C(CC)=C(C=C4C=CC(=N4)C=c4cc(CC)c([nH]4)=C(CC)C1=N2)[N+]3([O-])CC.[V+4]. The average molecular weight is 602 g/mol. The molecule has 1 radical (unpaired) electrons. The summed E-state index contributed by atoms with van der Waals surface area (Å²) in [6, 6.07) is 2.26. The fourth-order valence-corrected chi connectivity index (χ4v) is 7.25. The van der Waals surface area contributed by atoms with Crippen LogP contribution in [0.15, 0.2) is 84.9 Å². The second kappa shape index (κ2) is 12.9. The van der Waals surface area contributed by atoms with Gasteiger partial charge in [0.1, 0.15) is 11.4 Å². The van der Waals surface area contributed by atoms with Crippen LogP contribution < -0.4 is 10.7 Å². The molecule has 1 atom stereocenters. The maximum Gasteiger partial charge on any atom is 4.00 e. The number of nitrogens with zero attached hydrogens (tertiary/aromatic N) is 3. The molecule has 5 nitrogen and oxygen atoms in total. The molecule has 1 aromatic rings. The van der Waals surface area contributed by atoms with Crippen LogP contribution >= 0.6 is 0 Å². The van der Waals surface area contributed by atoms with Crippen molar-refractivity contribution < 1.29 is 23.2 Å². The number of aliphatic imine (C=N–C) groups is 2. The molecule has 5 rings (SSSR count). The topological polar surface area (TPSA) is 63.6 Å². The van der Waals surface area contributed by atoms with Crippen molar-refractivity contribution >= 4 is 23.1 Å². The van der Waals surface area contributed by atoms with Crippen LogP contribution in [0.4, 0.5) is 0 Å². The Kier molecular flexibility index (Phi) is 9.89. The third-order valence-electron chi connectivity index (χ3n) is 9.17. The number of nitrogens with one attached hydrogen (secondary N) is 1. The van der Waals surface area contributed by atoms with Gasteiger partial charge in [-0.2, -0.15) is 0 Å². The van der Waals surface area contributed by atoms with Crippen molar-refractivity contribution in [1.82, 2.24) is 4.98 Å². The molecule has 4 aliphatic rings. The summed E-state index contributed by atoms with van der Waals surface area (Å²) < 4.78 is -0.448. The minimum atomic E-state index is -0.448. The molecule has 6 heteroatoms. The van der Waals surface area contributed by atoms with E-state index in [0.29, 0.717) is 6.54 Å². The van der Waals surface area contributed by atoms with Gasteiger partial charge in [0.05, 0.1) is 29.4 Å². The van der Waals surface area contributed by atoms with Crippen LogP contribution in [0.5, 0.6) is 0 Å². The van der Waals surface area contributed by atoms with Gasteiger partial charge in [-0.25, -0.2) is 9.98 Å². The Hall–Kier alpha value is -2.70. The molecule has 0 saturated carbocycles. The second-order valence-electron chi connectivity index (χ2n) is 11.2. The molecule has 5 heterocycles. The molecule has 0 fully saturated rings. The molecule has 0 saturated heterocycles. The number of hydrogen-bond donors (Lipinski definition) is 1. The Morgan fingerprint density at radius 3 is 1.90 bits per heavy atom. The predicted octanol–water partition coefficient (Wildman–Crippen LogP) is 7.74. The first kappa shape index (κ1) is 32.2. The maximum absolute atomic E-state index is 15.2. The van der Waals surface area contributed by atoms with E-state index in [1.807, 2.05) is 13.0 Å². The zero-order valence-electron chi connectivity index (χ0n) is 26.7. The fourth-order valence-electron chi connectivity index (χ4n) is 7.25. The first-order chi connectivity index (χ1) is 19.8. The van der Waals surface area contributed by atoms with Crippen LogP contribution in [0.25, 0.3) is 11.6 Å². The van der Waals surface area contributed by atoms with Gasteiger partial charge >= 0.3 is 18.6 Å². The van der Waals surface area contributed by atoms with Crippen molar-refractivity contribution in [3.05, 3.63) is 96.4 Å². The summed E-state index contributed by atoms with van der Waals surface area (Å²) in [7, 11) is 0. The van der Waals surface area contributed by atoms with Crippen LogP contribution in [-0.4, -0.2) is 27.6 Å². The summed E-state index contributed by atoms with van der Waals surface area (Å²) in [6.45, 7) is 17.9. The minimum Gasteiger partial charge on any atom is -0.622 e. The summed E-state index contributed by atoms with van der Waals surface area (Å²) in [6.07, 6.45) is 14.3. The Bertz CT molecular complexity index is 1670. The van der Waals surface area contributed by atoms with Gasteiger partial charge in [0.2, 0.25) is 0 Å². The van der Waals surface area contributed by atoms with Crippen molar-refractivity contribution in [2.24, 2.45) is 9.98 Å². The molecule has 0 amide bonds. The maximum atomic E-state index is 15.2. The number of quaternary nitrogens is 1. The number of allylic oxidation sites excluding steroid dienone is 8. The fraction of sp³-hybridized carbons (Fsp3) is 0.444. The summed E-state index contributed by atoms with van der Waals surface area (Å²) in [5.41, 5.74) is 14.3. The van der Waals surface area contributed by atoms with Gasteiger partial charge in [-0.05, 0) is 92.9 Å². The number of H-pyrrole nitrogens is 1. The number of aromatic amines is 1. The zero-order chi connectivity index (χ0) is 29.5. The first-order valence-corrected chi connectivity index (χ1v) is 15.9. The van der Waals surface area contributed by atoms with Crippen molar-refractivity contribution in [1.29, 1.82) is 0 Å². The molecule has 1 unspecified atom stereocenters. The normalized spacial score (nSPS) is 21.7. The predicted molar refractivity (Wildman–Crippen MR) is 173 cm³/mol. The molecule has 1 aromatic heterocycles. The number of aromatic nitrogens is 1. The molecule has 0 spiro atoms. The molecule has 217 valence electrons. The number of rotatable bonds is 8. The zero-order valence-corrected chi connectivity index (χ0v) is 28.1. The molecule has 0 aliphatic carbocycles. The van der Waals surface area contributed by atoms with Gasteiger partial charge in [-0.1, -0.05) is 48.5 Å². The number of aryl methyl sites for hydroxylation is 1. The van der Waals surface area contributed by atoms with E-state index in [0.717, 1.165) is 90.1 Å². The van der Waals surface area contributed by atoms with E-state index in [2.05, 4.69) is 77.7 Å². The summed E-state index contributed by atoms with van der Waals surface area (Å²) in [4.78, 5) is 14.2. The van der Waals surface area contributed by atoms with Gasteiger partial charge < -0.3 is 10.2 Å².